The molecule has 0 bridgehead atoms. The van der Waals surface area contributed by atoms with E-state index in [0.29, 0.717) is 17.9 Å². The minimum Gasteiger partial charge on any atom is -0.339 e. The second-order valence-electron chi connectivity index (χ2n) is 5.92. The van der Waals surface area contributed by atoms with E-state index >= 15 is 0 Å². The van der Waals surface area contributed by atoms with Crippen LogP contribution in [0.4, 0.5) is 0 Å². The van der Waals surface area contributed by atoms with E-state index in [0.717, 1.165) is 11.1 Å². The molecule has 0 radical (unpaired) electrons. The van der Waals surface area contributed by atoms with Gasteiger partial charge in [0, 0.05) is 18.5 Å². The molecule has 2 rings (SSSR count). The monoisotopic (exact) mass is 380 g/mol. The van der Waals surface area contributed by atoms with Gasteiger partial charge in [0.1, 0.15) is 0 Å². The second kappa shape index (κ2) is 7.99. The number of rotatable bonds is 6. The highest BCUT2D eigenvalue weighted by molar-refractivity contribution is 7.89. The largest absolute Gasteiger partial charge is 0.339 e. The molecule has 0 saturated carbocycles. The molecule has 25 heavy (non-hydrogen) atoms. The van der Waals surface area contributed by atoms with Gasteiger partial charge in [-0.05, 0) is 48.7 Å². The van der Waals surface area contributed by atoms with Gasteiger partial charge in [-0.1, -0.05) is 35.9 Å². The van der Waals surface area contributed by atoms with Crippen LogP contribution in [0.3, 0.4) is 0 Å². The fourth-order valence-corrected chi connectivity index (χ4v) is 3.22. The van der Waals surface area contributed by atoms with Crippen molar-refractivity contribution in [1.29, 1.82) is 0 Å². The molecule has 0 aromatic heterocycles. The molecular formula is C18H21ClN2O3S. The van der Waals surface area contributed by atoms with Crippen LogP contribution in [-0.2, 0) is 21.2 Å². The SMILES string of the molecule is CC(c1ccc(S(N)(=O)=O)cc1)N(C)C(=O)CCc1cccc(Cl)c1. The number of nitrogens with two attached hydrogens (primary N) is 1. The van der Waals surface area contributed by atoms with Crippen molar-refractivity contribution >= 4 is 27.5 Å². The van der Waals surface area contributed by atoms with Crippen molar-refractivity contribution in [2.45, 2.75) is 30.7 Å². The topological polar surface area (TPSA) is 80.5 Å². The van der Waals surface area contributed by atoms with Crippen molar-refractivity contribution in [3.63, 3.8) is 0 Å². The minimum absolute atomic E-state index is 0.00278. The molecule has 0 spiro atoms. The van der Waals surface area contributed by atoms with Crippen LogP contribution in [0.1, 0.15) is 30.5 Å². The number of carbonyl (C=O) groups is 1. The summed E-state index contributed by atoms with van der Waals surface area (Å²) in [7, 11) is -1.98. The van der Waals surface area contributed by atoms with Crippen LogP contribution in [0, 0.1) is 0 Å². The highest BCUT2D eigenvalue weighted by Crippen LogP contribution is 2.21. The standard InChI is InChI=1S/C18H21ClN2O3S/c1-13(15-7-9-17(10-8-15)25(20,23)24)21(2)18(22)11-6-14-4-3-5-16(19)12-14/h3-5,7-10,12-13H,6,11H2,1-2H3,(H2,20,23,24). The molecule has 0 heterocycles. The average Bonchev–Trinajstić information content (AvgIpc) is 2.58. The number of amides is 1. The lowest BCUT2D eigenvalue weighted by molar-refractivity contribution is -0.131. The molecule has 2 aromatic carbocycles. The maximum atomic E-state index is 12.4. The normalized spacial score (nSPS) is 12.6. The highest BCUT2D eigenvalue weighted by atomic mass is 35.5. The van der Waals surface area contributed by atoms with Gasteiger partial charge >= 0.3 is 0 Å². The molecule has 1 atom stereocenters. The van der Waals surface area contributed by atoms with Crippen molar-refractivity contribution in [2.75, 3.05) is 7.05 Å². The van der Waals surface area contributed by atoms with Crippen LogP contribution in [-0.4, -0.2) is 26.3 Å². The number of primary sulfonamides is 1. The Morgan fingerprint density at radius 3 is 2.40 bits per heavy atom. The Morgan fingerprint density at radius 1 is 1.20 bits per heavy atom. The van der Waals surface area contributed by atoms with Gasteiger partial charge in [-0.25, -0.2) is 13.6 Å². The fraction of sp³-hybridized carbons (Fsp3) is 0.278. The number of hydrogen-bond donors (Lipinski definition) is 1. The van der Waals surface area contributed by atoms with E-state index < -0.39 is 10.0 Å². The van der Waals surface area contributed by atoms with Gasteiger partial charge in [-0.2, -0.15) is 0 Å². The number of sulfonamides is 1. The van der Waals surface area contributed by atoms with Gasteiger partial charge in [-0.15, -0.1) is 0 Å². The average molecular weight is 381 g/mol. The fourth-order valence-electron chi connectivity index (χ4n) is 2.50. The summed E-state index contributed by atoms with van der Waals surface area (Å²) in [6.45, 7) is 1.89. The lowest BCUT2D eigenvalue weighted by atomic mass is 10.1. The molecule has 0 fully saturated rings. The van der Waals surface area contributed by atoms with Crippen LogP contribution >= 0.6 is 11.6 Å². The van der Waals surface area contributed by atoms with Gasteiger partial charge < -0.3 is 4.90 Å². The summed E-state index contributed by atoms with van der Waals surface area (Å²) in [6.07, 6.45) is 0.983. The smallest absolute Gasteiger partial charge is 0.238 e. The first-order valence-corrected chi connectivity index (χ1v) is 9.74. The van der Waals surface area contributed by atoms with Crippen molar-refractivity contribution in [3.8, 4) is 0 Å². The molecule has 0 saturated heterocycles. The van der Waals surface area contributed by atoms with Gasteiger partial charge in [0.25, 0.3) is 0 Å². The van der Waals surface area contributed by atoms with Crippen LogP contribution in [0.25, 0.3) is 0 Å². The van der Waals surface area contributed by atoms with E-state index in [4.69, 9.17) is 16.7 Å². The van der Waals surface area contributed by atoms with E-state index in [1.165, 1.54) is 12.1 Å². The zero-order chi connectivity index (χ0) is 18.6. The number of hydrogen-bond acceptors (Lipinski definition) is 3. The molecule has 1 unspecified atom stereocenters. The van der Waals surface area contributed by atoms with Gasteiger partial charge in [0.2, 0.25) is 15.9 Å². The first-order chi connectivity index (χ1) is 11.7. The third-order valence-electron chi connectivity index (χ3n) is 4.18. The van der Waals surface area contributed by atoms with Crippen molar-refractivity contribution in [1.82, 2.24) is 4.90 Å². The zero-order valence-corrected chi connectivity index (χ0v) is 15.7. The van der Waals surface area contributed by atoms with Crippen molar-refractivity contribution < 1.29 is 13.2 Å². The van der Waals surface area contributed by atoms with Crippen LogP contribution in [0.5, 0.6) is 0 Å². The number of carbonyl (C=O) groups excluding carboxylic acids is 1. The molecule has 0 aliphatic carbocycles. The molecule has 1 amide bonds. The van der Waals surface area contributed by atoms with E-state index in [2.05, 4.69) is 0 Å². The van der Waals surface area contributed by atoms with Crippen LogP contribution in [0.15, 0.2) is 53.4 Å². The number of nitrogens with zero attached hydrogens (tertiary/aromatic N) is 1. The Labute approximate surface area is 153 Å². The Kier molecular flexibility index (Phi) is 6.21. The summed E-state index contributed by atoms with van der Waals surface area (Å²) in [5.41, 5.74) is 1.85. The molecule has 5 nitrogen and oxygen atoms in total. The molecule has 2 N–H and O–H groups in total. The summed E-state index contributed by atoms with van der Waals surface area (Å²) < 4.78 is 22.6. The van der Waals surface area contributed by atoms with E-state index in [1.54, 1.807) is 30.1 Å². The predicted molar refractivity (Wildman–Crippen MR) is 98.8 cm³/mol. The van der Waals surface area contributed by atoms with Gasteiger partial charge in [-0.3, -0.25) is 4.79 Å². The van der Waals surface area contributed by atoms with Crippen molar-refractivity contribution in [3.05, 3.63) is 64.7 Å². The molecule has 0 aliphatic heterocycles. The summed E-state index contributed by atoms with van der Waals surface area (Å²) in [6, 6.07) is 13.5. The minimum atomic E-state index is -3.72. The lowest BCUT2D eigenvalue weighted by Gasteiger charge is -2.25. The Hall–Kier alpha value is -1.89. The zero-order valence-electron chi connectivity index (χ0n) is 14.1. The Morgan fingerprint density at radius 2 is 1.84 bits per heavy atom. The molecular weight excluding hydrogens is 360 g/mol. The predicted octanol–water partition coefficient (Wildman–Crippen LogP) is 3.14. The molecule has 134 valence electrons. The Balaban J connectivity index is 2.01. The number of benzene rings is 2. The summed E-state index contributed by atoms with van der Waals surface area (Å²) in [5, 5.41) is 5.75. The van der Waals surface area contributed by atoms with Gasteiger partial charge in [0.05, 0.1) is 10.9 Å². The lowest BCUT2D eigenvalue weighted by Crippen LogP contribution is -2.29. The van der Waals surface area contributed by atoms with Crippen LogP contribution < -0.4 is 5.14 Å². The van der Waals surface area contributed by atoms with E-state index in [9.17, 15) is 13.2 Å². The Bertz CT molecular complexity index is 851. The van der Waals surface area contributed by atoms with E-state index in [1.807, 2.05) is 25.1 Å². The van der Waals surface area contributed by atoms with E-state index in [-0.39, 0.29) is 16.8 Å². The molecule has 2 aromatic rings. The maximum absolute atomic E-state index is 12.4. The molecule has 0 aliphatic rings. The summed E-state index contributed by atoms with van der Waals surface area (Å²) in [4.78, 5) is 14.1. The van der Waals surface area contributed by atoms with Crippen LogP contribution in [0.2, 0.25) is 5.02 Å². The molecule has 7 heteroatoms. The third-order valence-corrected chi connectivity index (χ3v) is 5.35. The van der Waals surface area contributed by atoms with Crippen molar-refractivity contribution in [2.24, 2.45) is 5.14 Å². The summed E-state index contributed by atoms with van der Waals surface area (Å²) in [5.74, 6) is 0.00278. The number of aryl methyl sites for hydroxylation is 1. The third kappa shape index (κ3) is 5.29. The first kappa shape index (κ1) is 19.4. The summed E-state index contributed by atoms with van der Waals surface area (Å²) >= 11 is 5.95. The maximum Gasteiger partial charge on any atom is 0.238 e. The number of halogens is 1. The highest BCUT2D eigenvalue weighted by Gasteiger charge is 2.18. The quantitative estimate of drug-likeness (QED) is 0.835. The second-order valence-corrected chi connectivity index (χ2v) is 7.92. The first-order valence-electron chi connectivity index (χ1n) is 7.81. The van der Waals surface area contributed by atoms with Gasteiger partial charge in [0.15, 0.2) is 0 Å².